The van der Waals surface area contributed by atoms with Gasteiger partial charge in [0.1, 0.15) is 12.6 Å². The Bertz CT molecular complexity index is 1120. The molecule has 0 saturated carbocycles. The van der Waals surface area contributed by atoms with E-state index in [0.717, 1.165) is 77.0 Å². The van der Waals surface area contributed by atoms with Crippen molar-refractivity contribution >= 4 is 25.7 Å². The maximum Gasteiger partial charge on any atom is 0.472 e. The van der Waals surface area contributed by atoms with E-state index in [-0.39, 0.29) is 19.4 Å². The van der Waals surface area contributed by atoms with Crippen LogP contribution in [0.4, 0.5) is 0 Å². The van der Waals surface area contributed by atoms with E-state index in [9.17, 15) is 23.8 Å². The zero-order valence-electron chi connectivity index (χ0n) is 34.3. The van der Waals surface area contributed by atoms with E-state index < -0.39 is 51.1 Å². The maximum absolute atomic E-state index is 12.6. The predicted molar refractivity (Wildman–Crippen MR) is 222 cm³/mol. The van der Waals surface area contributed by atoms with E-state index in [1.807, 2.05) is 0 Å². The highest BCUT2D eigenvalue weighted by atomic mass is 31.2. The maximum atomic E-state index is 12.6. The van der Waals surface area contributed by atoms with Gasteiger partial charge >= 0.3 is 25.7 Å². The van der Waals surface area contributed by atoms with E-state index in [0.29, 0.717) is 12.8 Å². The molecule has 0 aliphatic heterocycles. The lowest BCUT2D eigenvalue weighted by atomic mass is 10.1. The summed E-state index contributed by atoms with van der Waals surface area (Å²) >= 11 is 0. The first kappa shape index (κ1) is 52.4. The molecule has 0 heterocycles. The van der Waals surface area contributed by atoms with Gasteiger partial charge in [-0.1, -0.05) is 140 Å². The number of carboxylic acid groups (broad SMARTS) is 1. The molecule has 0 aromatic carbocycles. The van der Waals surface area contributed by atoms with Gasteiger partial charge in [0, 0.05) is 12.8 Å². The molecule has 55 heavy (non-hydrogen) atoms. The van der Waals surface area contributed by atoms with Crippen molar-refractivity contribution in [2.75, 3.05) is 19.8 Å². The molecule has 1 unspecified atom stereocenters. The van der Waals surface area contributed by atoms with E-state index in [4.69, 9.17) is 24.8 Å². The van der Waals surface area contributed by atoms with Crippen LogP contribution in [0, 0.1) is 0 Å². The van der Waals surface area contributed by atoms with Gasteiger partial charge in [0.05, 0.1) is 13.2 Å². The summed E-state index contributed by atoms with van der Waals surface area (Å²) in [6.07, 6.45) is 41.7. The fourth-order valence-electron chi connectivity index (χ4n) is 5.40. The zero-order valence-corrected chi connectivity index (χ0v) is 35.2. The van der Waals surface area contributed by atoms with E-state index in [1.165, 1.54) is 57.8 Å². The number of rotatable bonds is 39. The number of aliphatic carboxylic acids is 1. The normalized spacial score (nSPS) is 14.3. The van der Waals surface area contributed by atoms with Crippen molar-refractivity contribution in [1.29, 1.82) is 0 Å². The highest BCUT2D eigenvalue weighted by Gasteiger charge is 2.28. The highest BCUT2D eigenvalue weighted by molar-refractivity contribution is 7.47. The van der Waals surface area contributed by atoms with Crippen molar-refractivity contribution in [2.24, 2.45) is 5.73 Å². The second kappa shape index (κ2) is 38.3. The lowest BCUT2D eigenvalue weighted by molar-refractivity contribution is -0.161. The van der Waals surface area contributed by atoms with Crippen LogP contribution in [0.1, 0.15) is 174 Å². The Kier molecular flexibility index (Phi) is 36.5. The molecule has 0 aromatic heterocycles. The monoisotopic (exact) mass is 798 g/mol. The van der Waals surface area contributed by atoms with E-state index in [1.54, 1.807) is 0 Å². The quantitative estimate of drug-likeness (QED) is 0.0234. The predicted octanol–water partition coefficient (Wildman–Crippen LogP) is 11.0. The molecular weight excluding hydrogens is 721 g/mol. The van der Waals surface area contributed by atoms with Crippen LogP contribution >= 0.6 is 7.82 Å². The molecule has 0 aromatic rings. The minimum Gasteiger partial charge on any atom is -0.480 e. The average Bonchev–Trinajstić information content (AvgIpc) is 3.16. The smallest absolute Gasteiger partial charge is 0.472 e. The van der Waals surface area contributed by atoms with E-state index in [2.05, 4.69) is 67.0 Å². The first-order valence-corrected chi connectivity index (χ1v) is 22.7. The van der Waals surface area contributed by atoms with E-state index >= 15 is 0 Å². The zero-order chi connectivity index (χ0) is 40.7. The van der Waals surface area contributed by atoms with Crippen LogP contribution in [0.25, 0.3) is 0 Å². The largest absolute Gasteiger partial charge is 0.480 e. The molecule has 3 atom stereocenters. The Hall–Kier alpha value is -2.56. The average molecular weight is 798 g/mol. The molecule has 0 bridgehead atoms. The fourth-order valence-corrected chi connectivity index (χ4v) is 6.18. The molecule has 0 spiro atoms. The van der Waals surface area contributed by atoms with Crippen molar-refractivity contribution in [3.05, 3.63) is 48.6 Å². The first-order chi connectivity index (χ1) is 26.6. The van der Waals surface area contributed by atoms with Crippen LogP contribution in [0.3, 0.4) is 0 Å². The van der Waals surface area contributed by atoms with Crippen molar-refractivity contribution in [3.8, 4) is 0 Å². The molecule has 4 N–H and O–H groups in total. The number of carbonyl (C=O) groups excluding carboxylic acids is 2. The Balaban J connectivity index is 4.41. The van der Waals surface area contributed by atoms with Gasteiger partial charge in [-0.2, -0.15) is 0 Å². The summed E-state index contributed by atoms with van der Waals surface area (Å²) < 4.78 is 32.6. The molecule has 11 nitrogen and oxygen atoms in total. The number of nitrogens with two attached hydrogens (primary N) is 1. The second-order valence-corrected chi connectivity index (χ2v) is 15.6. The molecule has 0 saturated heterocycles. The van der Waals surface area contributed by atoms with Gasteiger partial charge in [0.25, 0.3) is 0 Å². The van der Waals surface area contributed by atoms with Crippen molar-refractivity contribution in [3.63, 3.8) is 0 Å². The fraction of sp³-hybridized carbons (Fsp3) is 0.744. The summed E-state index contributed by atoms with van der Waals surface area (Å²) in [4.78, 5) is 45.9. The number of carbonyl (C=O) groups is 3. The number of phosphoric acid groups is 1. The number of hydrogen-bond donors (Lipinski definition) is 3. The molecule has 0 radical (unpaired) electrons. The number of unbranched alkanes of at least 4 members (excludes halogenated alkanes) is 17. The van der Waals surface area contributed by atoms with Crippen LogP contribution in [-0.4, -0.2) is 59.9 Å². The van der Waals surface area contributed by atoms with Gasteiger partial charge in [0.15, 0.2) is 6.10 Å². The van der Waals surface area contributed by atoms with Crippen LogP contribution < -0.4 is 5.73 Å². The number of phosphoric ester groups is 1. The number of esters is 2. The summed E-state index contributed by atoms with van der Waals surface area (Å²) in [5, 5.41) is 8.88. The lowest BCUT2D eigenvalue weighted by Crippen LogP contribution is -2.34. The summed E-state index contributed by atoms with van der Waals surface area (Å²) in [5.41, 5.74) is 5.33. The number of ether oxygens (including phenoxy) is 2. The number of carboxylic acids is 1. The summed E-state index contributed by atoms with van der Waals surface area (Å²) in [7, 11) is -4.72. The summed E-state index contributed by atoms with van der Waals surface area (Å²) in [6.45, 7) is 2.70. The Morgan fingerprint density at radius 3 is 1.47 bits per heavy atom. The van der Waals surface area contributed by atoms with Crippen molar-refractivity contribution < 1.29 is 47.5 Å². The van der Waals surface area contributed by atoms with Gasteiger partial charge in [-0.25, -0.2) is 4.57 Å². The molecule has 0 fully saturated rings. The number of allylic oxidation sites excluding steroid dienone is 8. The van der Waals surface area contributed by atoms with Gasteiger partial charge in [-0.15, -0.1) is 0 Å². The van der Waals surface area contributed by atoms with Gasteiger partial charge in [0.2, 0.25) is 0 Å². The minimum atomic E-state index is -4.72. The Labute approximate surface area is 333 Å². The molecular formula is C43H76NO10P. The van der Waals surface area contributed by atoms with Gasteiger partial charge in [-0.05, 0) is 70.6 Å². The Morgan fingerprint density at radius 2 is 0.982 bits per heavy atom. The van der Waals surface area contributed by atoms with Crippen LogP contribution in [0.2, 0.25) is 0 Å². The Morgan fingerprint density at radius 1 is 0.564 bits per heavy atom. The summed E-state index contributed by atoms with van der Waals surface area (Å²) in [5.74, 6) is -2.41. The third-order valence-corrected chi connectivity index (χ3v) is 9.75. The highest BCUT2D eigenvalue weighted by Crippen LogP contribution is 2.43. The lowest BCUT2D eigenvalue weighted by Gasteiger charge is -2.20. The van der Waals surface area contributed by atoms with Crippen LogP contribution in [-0.2, 0) is 37.5 Å². The third kappa shape index (κ3) is 38.1. The molecule has 0 aliphatic carbocycles. The third-order valence-electron chi connectivity index (χ3n) is 8.80. The van der Waals surface area contributed by atoms with Gasteiger partial charge < -0.3 is 25.2 Å². The molecule has 0 rings (SSSR count). The topological polar surface area (TPSA) is 172 Å². The summed E-state index contributed by atoms with van der Waals surface area (Å²) in [6, 6.07) is -1.53. The SMILES string of the molecule is CCCC/C=C/C/C=C/CCCCCCCC(=O)O[C@H](COC(=O)CCCCCCCCC/C=C/C/C=C/CCCCC)COP(=O)(O)OC[C@H](N)C(=O)O. The van der Waals surface area contributed by atoms with Crippen molar-refractivity contribution in [2.45, 2.75) is 187 Å². The number of hydrogen-bond acceptors (Lipinski definition) is 9. The van der Waals surface area contributed by atoms with Crippen molar-refractivity contribution in [1.82, 2.24) is 0 Å². The standard InChI is InChI=1S/C43H76NO10P/c1-3-5-7-9-11-13-15-17-19-20-21-23-24-26-28-30-32-34-41(45)51-36-39(37-52-55(49,50)53-38-40(44)43(47)48)54-42(46)35-33-31-29-27-25-22-18-16-14-12-10-8-6-4-2/h10-13,16-19,39-40H,3-9,14-15,20-38,44H2,1-2H3,(H,47,48)(H,49,50)/b12-10+,13-11+,18-16+,19-17+/t39-,40+/m1/s1. The first-order valence-electron chi connectivity index (χ1n) is 21.2. The molecule has 318 valence electrons. The molecule has 0 amide bonds. The molecule has 12 heteroatoms. The van der Waals surface area contributed by atoms with Crippen LogP contribution in [0.5, 0.6) is 0 Å². The van der Waals surface area contributed by atoms with Crippen LogP contribution in [0.15, 0.2) is 48.6 Å². The van der Waals surface area contributed by atoms with Gasteiger partial charge in [-0.3, -0.25) is 23.4 Å². The molecule has 0 aliphatic rings. The minimum absolute atomic E-state index is 0.142. The second-order valence-electron chi connectivity index (χ2n) is 14.1.